The molecule has 5 nitrogen and oxygen atoms in total. The van der Waals surface area contributed by atoms with Crippen molar-refractivity contribution in [2.75, 3.05) is 0 Å². The summed E-state index contributed by atoms with van der Waals surface area (Å²) in [4.78, 5) is 4.16. The molecule has 0 bridgehead atoms. The molecule has 3 N–H and O–H groups in total. The molecular formula is C11H12ClN3O2S2. The van der Waals surface area contributed by atoms with E-state index in [0.29, 0.717) is 15.6 Å². The van der Waals surface area contributed by atoms with Crippen molar-refractivity contribution in [1.29, 1.82) is 0 Å². The fraction of sp³-hybridized carbons (Fsp3) is 0.182. The zero-order valence-electron chi connectivity index (χ0n) is 9.84. The fourth-order valence-electron chi connectivity index (χ4n) is 1.46. The van der Waals surface area contributed by atoms with Gasteiger partial charge >= 0.3 is 0 Å². The molecule has 2 rings (SSSR count). The molecule has 1 heterocycles. The van der Waals surface area contributed by atoms with Gasteiger partial charge in [0.05, 0.1) is 11.4 Å². The van der Waals surface area contributed by atoms with E-state index in [2.05, 4.69) is 9.71 Å². The predicted octanol–water partition coefficient (Wildman–Crippen LogP) is 1.73. The number of hydrogen-bond donors (Lipinski definition) is 2. The van der Waals surface area contributed by atoms with E-state index in [0.717, 1.165) is 0 Å². The van der Waals surface area contributed by atoms with Crippen LogP contribution < -0.4 is 10.5 Å². The number of rotatable bonds is 5. The van der Waals surface area contributed by atoms with E-state index in [-0.39, 0.29) is 18.0 Å². The molecule has 0 radical (unpaired) electrons. The third kappa shape index (κ3) is 3.52. The Labute approximate surface area is 120 Å². The van der Waals surface area contributed by atoms with E-state index < -0.39 is 10.0 Å². The number of thiazole rings is 1. The Bertz CT molecular complexity index is 657. The van der Waals surface area contributed by atoms with E-state index in [4.69, 9.17) is 17.3 Å². The van der Waals surface area contributed by atoms with Crippen molar-refractivity contribution in [3.05, 3.63) is 45.4 Å². The Morgan fingerprint density at radius 2 is 2.21 bits per heavy atom. The minimum atomic E-state index is -3.58. The largest absolute Gasteiger partial charge is 0.326 e. The quantitative estimate of drug-likeness (QED) is 0.879. The summed E-state index contributed by atoms with van der Waals surface area (Å²) in [5.74, 6) is 0. The molecule has 0 spiro atoms. The van der Waals surface area contributed by atoms with E-state index >= 15 is 0 Å². The van der Waals surface area contributed by atoms with Crippen molar-refractivity contribution in [2.24, 2.45) is 5.73 Å². The summed E-state index contributed by atoms with van der Waals surface area (Å²) in [6.45, 7) is 0.356. The number of aromatic nitrogens is 1. The summed E-state index contributed by atoms with van der Waals surface area (Å²) in [6, 6.07) is 4.46. The lowest BCUT2D eigenvalue weighted by Gasteiger charge is -2.08. The van der Waals surface area contributed by atoms with Crippen LogP contribution in [0.5, 0.6) is 0 Å². The van der Waals surface area contributed by atoms with Crippen LogP contribution in [0.3, 0.4) is 0 Å². The van der Waals surface area contributed by atoms with Gasteiger partial charge in [0.15, 0.2) is 0 Å². The van der Waals surface area contributed by atoms with Gasteiger partial charge < -0.3 is 5.73 Å². The molecule has 1 aromatic heterocycles. The number of halogens is 1. The highest BCUT2D eigenvalue weighted by molar-refractivity contribution is 7.89. The molecule has 2 aromatic rings. The standard InChI is InChI=1S/C11H12ClN3O2S2/c12-10-2-1-9(5-8(10)6-13)19(16,17)15-7-11-14-3-4-18-11/h1-5,15H,6-7,13H2. The second-order valence-corrected chi connectivity index (χ2v) is 6.86. The summed E-state index contributed by atoms with van der Waals surface area (Å²) in [5, 5.41) is 2.95. The van der Waals surface area contributed by atoms with E-state index in [9.17, 15) is 8.42 Å². The smallest absolute Gasteiger partial charge is 0.240 e. The van der Waals surface area contributed by atoms with Gasteiger partial charge in [0, 0.05) is 23.1 Å². The summed E-state index contributed by atoms with van der Waals surface area (Å²) in [7, 11) is -3.58. The van der Waals surface area contributed by atoms with Crippen LogP contribution in [-0.2, 0) is 23.1 Å². The summed E-state index contributed by atoms with van der Waals surface area (Å²) >= 11 is 7.29. The Morgan fingerprint density at radius 3 is 2.84 bits per heavy atom. The molecule has 0 atom stereocenters. The maximum atomic E-state index is 12.1. The van der Waals surface area contributed by atoms with E-state index in [1.54, 1.807) is 11.6 Å². The molecular weight excluding hydrogens is 306 g/mol. The lowest BCUT2D eigenvalue weighted by molar-refractivity contribution is 0.581. The predicted molar refractivity (Wildman–Crippen MR) is 75.5 cm³/mol. The monoisotopic (exact) mass is 317 g/mol. The molecule has 0 saturated heterocycles. The highest BCUT2D eigenvalue weighted by atomic mass is 35.5. The third-order valence-corrected chi connectivity index (χ3v) is 4.99. The van der Waals surface area contributed by atoms with Crippen LogP contribution in [-0.4, -0.2) is 13.4 Å². The first-order valence-corrected chi connectivity index (χ1v) is 8.13. The normalized spacial score (nSPS) is 11.7. The van der Waals surface area contributed by atoms with Gasteiger partial charge in [-0.25, -0.2) is 18.1 Å². The van der Waals surface area contributed by atoms with E-state index in [1.165, 1.54) is 29.5 Å². The molecule has 0 aliphatic rings. The van der Waals surface area contributed by atoms with E-state index in [1.807, 2.05) is 0 Å². The van der Waals surface area contributed by atoms with Gasteiger partial charge in [-0.15, -0.1) is 11.3 Å². The molecule has 0 amide bonds. The molecule has 1 aromatic carbocycles. The van der Waals surface area contributed by atoms with Crippen molar-refractivity contribution < 1.29 is 8.42 Å². The van der Waals surface area contributed by atoms with Crippen LogP contribution >= 0.6 is 22.9 Å². The van der Waals surface area contributed by atoms with Gasteiger partial charge in [-0.3, -0.25) is 0 Å². The Hall–Kier alpha value is -0.990. The Morgan fingerprint density at radius 1 is 1.42 bits per heavy atom. The third-order valence-electron chi connectivity index (χ3n) is 2.44. The zero-order valence-corrected chi connectivity index (χ0v) is 12.2. The average Bonchev–Trinajstić information content (AvgIpc) is 2.90. The molecule has 0 aliphatic carbocycles. The minimum Gasteiger partial charge on any atom is -0.326 e. The maximum absolute atomic E-state index is 12.1. The molecule has 19 heavy (non-hydrogen) atoms. The second kappa shape index (κ2) is 5.98. The lowest BCUT2D eigenvalue weighted by atomic mass is 10.2. The van der Waals surface area contributed by atoms with Crippen LogP contribution in [0.4, 0.5) is 0 Å². The number of benzene rings is 1. The van der Waals surface area contributed by atoms with Crippen LogP contribution in [0, 0.1) is 0 Å². The van der Waals surface area contributed by atoms with Crippen LogP contribution in [0.15, 0.2) is 34.7 Å². The van der Waals surface area contributed by atoms with Gasteiger partial charge in [0.25, 0.3) is 0 Å². The summed E-state index contributed by atoms with van der Waals surface area (Å²) in [5.41, 5.74) is 6.10. The van der Waals surface area contributed by atoms with Crippen molar-refractivity contribution >= 4 is 33.0 Å². The van der Waals surface area contributed by atoms with Gasteiger partial charge in [0.1, 0.15) is 5.01 Å². The van der Waals surface area contributed by atoms with Crippen molar-refractivity contribution in [3.63, 3.8) is 0 Å². The fourth-order valence-corrected chi connectivity index (χ4v) is 3.34. The highest BCUT2D eigenvalue weighted by Gasteiger charge is 2.15. The van der Waals surface area contributed by atoms with Crippen LogP contribution in [0.2, 0.25) is 5.02 Å². The van der Waals surface area contributed by atoms with Gasteiger partial charge in [-0.2, -0.15) is 0 Å². The number of sulfonamides is 1. The maximum Gasteiger partial charge on any atom is 0.240 e. The van der Waals surface area contributed by atoms with Crippen molar-refractivity contribution in [3.8, 4) is 0 Å². The van der Waals surface area contributed by atoms with Gasteiger partial charge in [-0.1, -0.05) is 11.6 Å². The highest BCUT2D eigenvalue weighted by Crippen LogP contribution is 2.20. The molecule has 102 valence electrons. The number of hydrogen-bond acceptors (Lipinski definition) is 5. The number of nitrogens with one attached hydrogen (secondary N) is 1. The zero-order chi connectivity index (χ0) is 13.9. The van der Waals surface area contributed by atoms with Gasteiger partial charge in [-0.05, 0) is 23.8 Å². The first-order valence-electron chi connectivity index (χ1n) is 5.39. The lowest BCUT2D eigenvalue weighted by Crippen LogP contribution is -2.23. The van der Waals surface area contributed by atoms with Crippen LogP contribution in [0.25, 0.3) is 0 Å². The molecule has 0 aliphatic heterocycles. The molecule has 0 unspecified atom stereocenters. The van der Waals surface area contributed by atoms with Crippen molar-refractivity contribution in [2.45, 2.75) is 18.0 Å². The molecule has 0 saturated carbocycles. The minimum absolute atomic E-state index is 0.147. The summed E-state index contributed by atoms with van der Waals surface area (Å²) < 4.78 is 26.7. The number of nitrogens with zero attached hydrogens (tertiary/aromatic N) is 1. The average molecular weight is 318 g/mol. The van der Waals surface area contributed by atoms with Crippen LogP contribution in [0.1, 0.15) is 10.6 Å². The second-order valence-electron chi connectivity index (χ2n) is 3.71. The number of nitrogens with two attached hydrogens (primary N) is 1. The Balaban J connectivity index is 2.19. The first kappa shape index (κ1) is 14.4. The topological polar surface area (TPSA) is 85.1 Å². The molecule has 0 fully saturated rings. The SMILES string of the molecule is NCc1cc(S(=O)(=O)NCc2nccs2)ccc1Cl. The summed E-state index contributed by atoms with van der Waals surface area (Å²) in [6.07, 6.45) is 1.63. The Kier molecular flexibility index (Phi) is 4.54. The first-order chi connectivity index (χ1) is 9.03. The van der Waals surface area contributed by atoms with Crippen molar-refractivity contribution in [1.82, 2.24) is 9.71 Å². The van der Waals surface area contributed by atoms with Gasteiger partial charge in [0.2, 0.25) is 10.0 Å². The molecule has 8 heteroatoms.